The number of hydrogen-bond donors (Lipinski definition) is 1. The van der Waals surface area contributed by atoms with Crippen LogP contribution in [0.15, 0.2) is 24.3 Å². The molecule has 1 aliphatic heterocycles. The number of carbonyl (C=O) groups excluding carboxylic acids is 1. The van der Waals surface area contributed by atoms with Crippen LogP contribution in [0.1, 0.15) is 37.6 Å². The molecule has 0 radical (unpaired) electrons. The van der Waals surface area contributed by atoms with Gasteiger partial charge in [-0.05, 0) is 51.5 Å². The van der Waals surface area contributed by atoms with E-state index in [-0.39, 0.29) is 18.7 Å². The molecule has 0 aliphatic carbocycles. The molecule has 1 saturated heterocycles. The van der Waals surface area contributed by atoms with E-state index in [0.717, 1.165) is 18.8 Å². The highest BCUT2D eigenvalue weighted by Crippen LogP contribution is 2.20. The van der Waals surface area contributed by atoms with Gasteiger partial charge in [-0.2, -0.15) is 0 Å². The molecule has 1 N–H and O–H groups in total. The Morgan fingerprint density at radius 1 is 1.36 bits per heavy atom. The summed E-state index contributed by atoms with van der Waals surface area (Å²) in [4.78, 5) is 14.2. The standard InChI is InChI=1S/C17H25NO4/c1-17(2,3)22-16(20)13-4-6-14(7-5-13)18-9-11-21-15(12-18)8-10-19/h4-7,15,19H,8-12H2,1-3H3/t15-/m1/s1. The van der Waals surface area contributed by atoms with Crippen molar-refractivity contribution in [2.24, 2.45) is 0 Å². The molecule has 2 rings (SSSR count). The molecule has 1 heterocycles. The number of ether oxygens (including phenoxy) is 2. The third kappa shape index (κ3) is 4.71. The number of esters is 1. The fourth-order valence-corrected chi connectivity index (χ4v) is 2.42. The van der Waals surface area contributed by atoms with Crippen LogP contribution in [0.2, 0.25) is 0 Å². The molecule has 0 saturated carbocycles. The average molecular weight is 307 g/mol. The quantitative estimate of drug-likeness (QED) is 0.864. The maximum absolute atomic E-state index is 12.0. The first kappa shape index (κ1) is 16.8. The van der Waals surface area contributed by atoms with E-state index in [9.17, 15) is 4.79 Å². The van der Waals surface area contributed by atoms with Crippen LogP contribution < -0.4 is 4.90 Å². The summed E-state index contributed by atoms with van der Waals surface area (Å²) in [5, 5.41) is 9.02. The normalized spacial score (nSPS) is 19.1. The number of carbonyl (C=O) groups is 1. The highest BCUT2D eigenvalue weighted by molar-refractivity contribution is 5.90. The predicted octanol–water partition coefficient (Wildman–Crippen LogP) is 2.23. The van der Waals surface area contributed by atoms with Gasteiger partial charge in [-0.15, -0.1) is 0 Å². The molecule has 5 nitrogen and oxygen atoms in total. The maximum atomic E-state index is 12.0. The Hall–Kier alpha value is -1.59. The third-order valence-corrected chi connectivity index (χ3v) is 3.46. The number of aliphatic hydroxyl groups excluding tert-OH is 1. The highest BCUT2D eigenvalue weighted by atomic mass is 16.6. The third-order valence-electron chi connectivity index (χ3n) is 3.46. The van der Waals surface area contributed by atoms with E-state index in [2.05, 4.69) is 4.90 Å². The van der Waals surface area contributed by atoms with Crippen LogP contribution in [-0.2, 0) is 9.47 Å². The van der Waals surface area contributed by atoms with Crippen LogP contribution in [0.3, 0.4) is 0 Å². The van der Waals surface area contributed by atoms with Crippen molar-refractivity contribution in [3.63, 3.8) is 0 Å². The zero-order chi connectivity index (χ0) is 16.2. The Morgan fingerprint density at radius 3 is 2.64 bits per heavy atom. The van der Waals surface area contributed by atoms with E-state index in [1.807, 2.05) is 32.9 Å². The number of morpholine rings is 1. The molecule has 0 unspecified atom stereocenters. The zero-order valence-electron chi connectivity index (χ0n) is 13.5. The summed E-state index contributed by atoms with van der Waals surface area (Å²) in [5.41, 5.74) is 1.12. The van der Waals surface area contributed by atoms with E-state index in [1.165, 1.54) is 0 Å². The highest BCUT2D eigenvalue weighted by Gasteiger charge is 2.21. The fourth-order valence-electron chi connectivity index (χ4n) is 2.42. The molecule has 1 aromatic rings. The molecule has 22 heavy (non-hydrogen) atoms. The lowest BCUT2D eigenvalue weighted by Crippen LogP contribution is -2.42. The lowest BCUT2D eigenvalue weighted by Gasteiger charge is -2.34. The van der Waals surface area contributed by atoms with E-state index >= 15 is 0 Å². The van der Waals surface area contributed by atoms with Crippen molar-refractivity contribution < 1.29 is 19.4 Å². The first-order chi connectivity index (χ1) is 10.4. The van der Waals surface area contributed by atoms with Crippen molar-refractivity contribution in [2.75, 3.05) is 31.2 Å². The van der Waals surface area contributed by atoms with Crippen LogP contribution in [0.25, 0.3) is 0 Å². The summed E-state index contributed by atoms with van der Waals surface area (Å²) in [5.74, 6) is -0.306. The van der Waals surface area contributed by atoms with Crippen molar-refractivity contribution in [1.82, 2.24) is 0 Å². The maximum Gasteiger partial charge on any atom is 0.338 e. The molecule has 0 spiro atoms. The topological polar surface area (TPSA) is 59.0 Å². The number of rotatable bonds is 4. The first-order valence-electron chi connectivity index (χ1n) is 7.70. The van der Waals surface area contributed by atoms with Gasteiger partial charge in [0.2, 0.25) is 0 Å². The molecule has 122 valence electrons. The molecule has 0 amide bonds. The van der Waals surface area contributed by atoms with Crippen LogP contribution in [-0.4, -0.2) is 49.1 Å². The summed E-state index contributed by atoms with van der Waals surface area (Å²) < 4.78 is 11.0. The largest absolute Gasteiger partial charge is 0.456 e. The van der Waals surface area contributed by atoms with Crippen LogP contribution in [0, 0.1) is 0 Å². The number of aliphatic hydroxyl groups is 1. The van der Waals surface area contributed by atoms with Crippen molar-refractivity contribution in [1.29, 1.82) is 0 Å². The number of nitrogens with zero attached hydrogens (tertiary/aromatic N) is 1. The molecular weight excluding hydrogens is 282 g/mol. The average Bonchev–Trinajstić information content (AvgIpc) is 2.46. The molecule has 0 aromatic heterocycles. The van der Waals surface area contributed by atoms with Gasteiger partial charge >= 0.3 is 5.97 Å². The van der Waals surface area contributed by atoms with Crippen molar-refractivity contribution in [3.8, 4) is 0 Å². The van der Waals surface area contributed by atoms with Crippen LogP contribution >= 0.6 is 0 Å². The van der Waals surface area contributed by atoms with E-state index < -0.39 is 5.60 Å². The number of anilines is 1. The predicted molar refractivity (Wildman–Crippen MR) is 85.3 cm³/mol. The Balaban J connectivity index is 2.01. The smallest absolute Gasteiger partial charge is 0.338 e. The Labute approximate surface area is 131 Å². The second-order valence-electron chi connectivity index (χ2n) is 6.50. The van der Waals surface area contributed by atoms with Gasteiger partial charge in [-0.3, -0.25) is 0 Å². The van der Waals surface area contributed by atoms with E-state index in [1.54, 1.807) is 12.1 Å². The van der Waals surface area contributed by atoms with E-state index in [0.29, 0.717) is 18.6 Å². The van der Waals surface area contributed by atoms with E-state index in [4.69, 9.17) is 14.6 Å². The second kappa shape index (κ2) is 7.11. The molecular formula is C17H25NO4. The van der Waals surface area contributed by atoms with Gasteiger partial charge in [0.15, 0.2) is 0 Å². The molecule has 1 fully saturated rings. The summed E-state index contributed by atoms with van der Waals surface area (Å²) >= 11 is 0. The summed E-state index contributed by atoms with van der Waals surface area (Å²) in [6.45, 7) is 7.92. The SMILES string of the molecule is CC(C)(C)OC(=O)c1ccc(N2CCO[C@H](CCO)C2)cc1. The zero-order valence-corrected chi connectivity index (χ0v) is 13.5. The summed E-state index contributed by atoms with van der Waals surface area (Å²) in [7, 11) is 0. The summed E-state index contributed by atoms with van der Waals surface area (Å²) in [6, 6.07) is 7.45. The monoisotopic (exact) mass is 307 g/mol. The van der Waals surface area contributed by atoms with Gasteiger partial charge in [0.05, 0.1) is 18.3 Å². The van der Waals surface area contributed by atoms with Gasteiger partial charge in [0.1, 0.15) is 5.60 Å². The minimum atomic E-state index is -0.489. The van der Waals surface area contributed by atoms with Crippen molar-refractivity contribution in [3.05, 3.63) is 29.8 Å². The van der Waals surface area contributed by atoms with Gasteiger partial charge in [0, 0.05) is 25.4 Å². The number of hydrogen-bond acceptors (Lipinski definition) is 5. The lowest BCUT2D eigenvalue weighted by molar-refractivity contribution is 0.00691. The molecule has 1 aliphatic rings. The summed E-state index contributed by atoms with van der Waals surface area (Å²) in [6.07, 6.45) is 0.705. The first-order valence-corrected chi connectivity index (χ1v) is 7.70. The molecule has 1 aromatic carbocycles. The van der Waals surface area contributed by atoms with Crippen molar-refractivity contribution in [2.45, 2.75) is 38.9 Å². The number of benzene rings is 1. The van der Waals surface area contributed by atoms with Gasteiger partial charge < -0.3 is 19.5 Å². The molecule has 5 heteroatoms. The van der Waals surface area contributed by atoms with Crippen molar-refractivity contribution >= 4 is 11.7 Å². The molecule has 0 bridgehead atoms. The van der Waals surface area contributed by atoms with Crippen LogP contribution in [0.4, 0.5) is 5.69 Å². The van der Waals surface area contributed by atoms with Crippen LogP contribution in [0.5, 0.6) is 0 Å². The Bertz CT molecular complexity index is 490. The minimum Gasteiger partial charge on any atom is -0.456 e. The van der Waals surface area contributed by atoms with Gasteiger partial charge in [-0.1, -0.05) is 0 Å². The fraction of sp³-hybridized carbons (Fsp3) is 0.588. The lowest BCUT2D eigenvalue weighted by atomic mass is 10.1. The Kier molecular flexibility index (Phi) is 5.42. The minimum absolute atomic E-state index is 0.0595. The Morgan fingerprint density at radius 2 is 2.05 bits per heavy atom. The van der Waals surface area contributed by atoms with Gasteiger partial charge in [-0.25, -0.2) is 4.79 Å². The van der Waals surface area contributed by atoms with Gasteiger partial charge in [0.25, 0.3) is 0 Å². The second-order valence-corrected chi connectivity index (χ2v) is 6.50. The molecule has 1 atom stereocenters.